The fourth-order valence-electron chi connectivity index (χ4n) is 4.10. The number of aliphatic carboxylic acids is 1. The molecule has 0 heterocycles. The van der Waals surface area contributed by atoms with Crippen molar-refractivity contribution in [3.63, 3.8) is 0 Å². The van der Waals surface area contributed by atoms with Gasteiger partial charge in [-0.1, -0.05) is 72.3 Å². The molecule has 1 aliphatic carbocycles. The average Bonchev–Trinajstić information content (AvgIpc) is 3.07. The van der Waals surface area contributed by atoms with Gasteiger partial charge in [0.05, 0.1) is 6.42 Å². The first kappa shape index (κ1) is 20.9. The molecule has 0 saturated heterocycles. The van der Waals surface area contributed by atoms with Crippen LogP contribution in [0.4, 0.5) is 4.79 Å². The molecular formula is C25H22ClNO4. The number of carbonyl (C=O) groups is 2. The van der Waals surface area contributed by atoms with E-state index in [4.69, 9.17) is 16.3 Å². The molecule has 31 heavy (non-hydrogen) atoms. The zero-order valence-corrected chi connectivity index (χ0v) is 17.5. The number of nitrogens with one attached hydrogen (secondary N) is 1. The molecule has 5 nitrogen and oxygen atoms in total. The number of fused-ring (bicyclic) bond motifs is 3. The lowest BCUT2D eigenvalue weighted by molar-refractivity contribution is -0.137. The van der Waals surface area contributed by atoms with Gasteiger partial charge in [-0.15, -0.1) is 0 Å². The normalized spacial score (nSPS) is 13.2. The molecule has 158 valence electrons. The third-order valence-electron chi connectivity index (χ3n) is 5.48. The topological polar surface area (TPSA) is 75.6 Å². The zero-order valence-electron chi connectivity index (χ0n) is 16.8. The SMILES string of the molecule is O=C(O)C[C@H](Cc1ccc(Cl)cc1)NC(=O)OCC1c2ccccc2-c2ccccc21. The van der Waals surface area contributed by atoms with Crippen molar-refractivity contribution in [2.24, 2.45) is 0 Å². The smallest absolute Gasteiger partial charge is 0.407 e. The number of amides is 1. The van der Waals surface area contributed by atoms with Crippen molar-refractivity contribution in [3.8, 4) is 11.1 Å². The third-order valence-corrected chi connectivity index (χ3v) is 5.73. The van der Waals surface area contributed by atoms with Crippen LogP contribution in [0.5, 0.6) is 0 Å². The minimum absolute atomic E-state index is 0.0488. The van der Waals surface area contributed by atoms with E-state index < -0.39 is 18.1 Å². The van der Waals surface area contributed by atoms with Crippen LogP contribution in [0.15, 0.2) is 72.8 Å². The lowest BCUT2D eigenvalue weighted by Gasteiger charge is -2.19. The van der Waals surface area contributed by atoms with Crippen molar-refractivity contribution in [2.75, 3.05) is 6.61 Å². The summed E-state index contributed by atoms with van der Waals surface area (Å²) in [5, 5.41) is 12.5. The largest absolute Gasteiger partial charge is 0.481 e. The van der Waals surface area contributed by atoms with Gasteiger partial charge in [0, 0.05) is 17.0 Å². The van der Waals surface area contributed by atoms with Gasteiger partial charge < -0.3 is 15.2 Å². The summed E-state index contributed by atoms with van der Waals surface area (Å²) in [5.74, 6) is -1.04. The molecule has 0 unspecified atom stereocenters. The summed E-state index contributed by atoms with van der Waals surface area (Å²) >= 11 is 5.91. The Kier molecular flexibility index (Phi) is 6.23. The third kappa shape index (κ3) is 4.89. The molecule has 0 fully saturated rings. The van der Waals surface area contributed by atoms with Gasteiger partial charge in [0.1, 0.15) is 6.61 Å². The highest BCUT2D eigenvalue weighted by Crippen LogP contribution is 2.44. The quantitative estimate of drug-likeness (QED) is 0.530. The van der Waals surface area contributed by atoms with Crippen molar-refractivity contribution >= 4 is 23.7 Å². The number of rotatable bonds is 7. The Bertz CT molecular complexity index is 1050. The van der Waals surface area contributed by atoms with Crippen LogP contribution >= 0.6 is 11.6 Å². The second-order valence-electron chi connectivity index (χ2n) is 7.60. The molecule has 3 aromatic rings. The fourth-order valence-corrected chi connectivity index (χ4v) is 4.22. The first-order chi connectivity index (χ1) is 15.0. The van der Waals surface area contributed by atoms with E-state index in [1.54, 1.807) is 12.1 Å². The average molecular weight is 436 g/mol. The molecule has 1 amide bonds. The van der Waals surface area contributed by atoms with Crippen molar-refractivity contribution in [1.82, 2.24) is 5.32 Å². The fraction of sp³-hybridized carbons (Fsp3) is 0.200. The van der Waals surface area contributed by atoms with E-state index >= 15 is 0 Å². The number of halogens is 1. The highest BCUT2D eigenvalue weighted by Gasteiger charge is 2.29. The summed E-state index contributed by atoms with van der Waals surface area (Å²) in [6, 6.07) is 22.7. The molecular weight excluding hydrogens is 414 g/mol. The molecule has 0 aliphatic heterocycles. The van der Waals surface area contributed by atoms with Gasteiger partial charge in [-0.3, -0.25) is 4.79 Å². The summed E-state index contributed by atoms with van der Waals surface area (Å²) in [5.41, 5.74) is 5.44. The number of hydrogen-bond acceptors (Lipinski definition) is 3. The van der Waals surface area contributed by atoms with E-state index in [-0.39, 0.29) is 18.9 Å². The Morgan fingerprint density at radius 1 is 0.935 bits per heavy atom. The van der Waals surface area contributed by atoms with E-state index in [0.717, 1.165) is 27.8 Å². The number of carbonyl (C=O) groups excluding carboxylic acids is 1. The molecule has 0 aromatic heterocycles. The van der Waals surface area contributed by atoms with Crippen LogP contribution in [0.25, 0.3) is 11.1 Å². The predicted octanol–water partition coefficient (Wildman–Crippen LogP) is 5.26. The molecule has 2 N–H and O–H groups in total. The predicted molar refractivity (Wildman–Crippen MR) is 119 cm³/mol. The second kappa shape index (κ2) is 9.23. The van der Waals surface area contributed by atoms with Crippen LogP contribution in [-0.4, -0.2) is 29.8 Å². The highest BCUT2D eigenvalue weighted by atomic mass is 35.5. The summed E-state index contributed by atoms with van der Waals surface area (Å²) in [4.78, 5) is 23.8. The van der Waals surface area contributed by atoms with E-state index in [0.29, 0.717) is 11.4 Å². The van der Waals surface area contributed by atoms with E-state index in [2.05, 4.69) is 29.6 Å². The van der Waals surface area contributed by atoms with Crippen LogP contribution in [0.3, 0.4) is 0 Å². The minimum Gasteiger partial charge on any atom is -0.481 e. The van der Waals surface area contributed by atoms with Gasteiger partial charge in [0.2, 0.25) is 0 Å². The Morgan fingerprint density at radius 3 is 2.10 bits per heavy atom. The Hall–Kier alpha value is -3.31. The van der Waals surface area contributed by atoms with Gasteiger partial charge in [0.25, 0.3) is 0 Å². The molecule has 1 atom stereocenters. The Balaban J connectivity index is 1.42. The van der Waals surface area contributed by atoms with Gasteiger partial charge >= 0.3 is 12.1 Å². The van der Waals surface area contributed by atoms with Crippen LogP contribution in [0.1, 0.15) is 29.0 Å². The van der Waals surface area contributed by atoms with Crippen molar-refractivity contribution in [3.05, 3.63) is 94.5 Å². The highest BCUT2D eigenvalue weighted by molar-refractivity contribution is 6.30. The van der Waals surface area contributed by atoms with Crippen molar-refractivity contribution < 1.29 is 19.4 Å². The molecule has 1 aliphatic rings. The van der Waals surface area contributed by atoms with Crippen LogP contribution in [0, 0.1) is 0 Å². The maximum Gasteiger partial charge on any atom is 0.407 e. The van der Waals surface area contributed by atoms with Crippen molar-refractivity contribution in [1.29, 1.82) is 0 Å². The molecule has 0 radical (unpaired) electrons. The first-order valence-electron chi connectivity index (χ1n) is 10.1. The van der Waals surface area contributed by atoms with E-state index in [9.17, 15) is 14.7 Å². The lowest BCUT2D eigenvalue weighted by Crippen LogP contribution is -2.39. The standard InChI is InChI=1S/C25H22ClNO4/c26-17-11-9-16(10-12-17)13-18(14-24(28)29)27-25(30)31-15-23-21-7-3-1-5-19(21)20-6-2-4-8-22(20)23/h1-12,18,23H,13-15H2,(H,27,30)(H,28,29)/t18-/m0/s1. The number of alkyl carbamates (subject to hydrolysis) is 1. The van der Waals surface area contributed by atoms with E-state index in [1.807, 2.05) is 36.4 Å². The number of hydrogen-bond donors (Lipinski definition) is 2. The van der Waals surface area contributed by atoms with Gasteiger partial charge in [-0.2, -0.15) is 0 Å². The van der Waals surface area contributed by atoms with Crippen LogP contribution in [-0.2, 0) is 16.0 Å². The maximum absolute atomic E-state index is 12.5. The molecule has 4 rings (SSSR count). The molecule has 0 saturated carbocycles. The summed E-state index contributed by atoms with van der Waals surface area (Å²) in [6.07, 6.45) is -0.456. The lowest BCUT2D eigenvalue weighted by atomic mass is 9.98. The minimum atomic E-state index is -0.988. The van der Waals surface area contributed by atoms with Gasteiger partial charge in [-0.25, -0.2) is 4.79 Å². The number of benzene rings is 3. The first-order valence-corrected chi connectivity index (χ1v) is 10.5. The summed E-state index contributed by atoms with van der Waals surface area (Å²) in [6.45, 7) is 0.181. The van der Waals surface area contributed by atoms with Crippen LogP contribution < -0.4 is 5.32 Å². The number of ether oxygens (including phenoxy) is 1. The summed E-state index contributed by atoms with van der Waals surface area (Å²) < 4.78 is 5.54. The van der Waals surface area contributed by atoms with Gasteiger partial charge in [0.15, 0.2) is 0 Å². The maximum atomic E-state index is 12.5. The Morgan fingerprint density at radius 2 is 1.52 bits per heavy atom. The summed E-state index contributed by atoms with van der Waals surface area (Å²) in [7, 11) is 0. The van der Waals surface area contributed by atoms with Crippen molar-refractivity contribution in [2.45, 2.75) is 24.8 Å². The molecule has 3 aromatic carbocycles. The molecule has 0 spiro atoms. The van der Waals surface area contributed by atoms with Crippen LogP contribution in [0.2, 0.25) is 5.02 Å². The van der Waals surface area contributed by atoms with Gasteiger partial charge in [-0.05, 0) is 46.4 Å². The monoisotopic (exact) mass is 435 g/mol. The molecule has 0 bridgehead atoms. The van der Waals surface area contributed by atoms with E-state index in [1.165, 1.54) is 0 Å². The number of carboxylic acids is 1. The molecule has 6 heteroatoms. The second-order valence-corrected chi connectivity index (χ2v) is 8.03. The zero-order chi connectivity index (χ0) is 21.8. The Labute approximate surface area is 185 Å². The number of carboxylic acid groups (broad SMARTS) is 1.